The molecule has 0 spiro atoms. The zero-order valence-electron chi connectivity index (χ0n) is 9.54. The molecule has 1 aliphatic rings. The summed E-state index contributed by atoms with van der Waals surface area (Å²) in [5, 5.41) is 8.37. The molecule has 0 aromatic heterocycles. The van der Waals surface area contributed by atoms with Crippen molar-refractivity contribution >= 4 is 5.97 Å². The van der Waals surface area contributed by atoms with Gasteiger partial charge in [-0.25, -0.2) is 0 Å². The van der Waals surface area contributed by atoms with Crippen LogP contribution < -0.4 is 0 Å². The lowest BCUT2D eigenvalue weighted by molar-refractivity contribution is -0.170. The maximum absolute atomic E-state index is 12.5. The Labute approximate surface area is 97.3 Å². The molecule has 0 saturated carbocycles. The minimum absolute atomic E-state index is 0.0174. The second kappa shape index (κ2) is 5.68. The standard InChI is InChI=1S/C10H16F3NO3/c1-14-5-7(10(11,12)13)4-8(14)6-17-3-2-9(15)16/h7-8H,2-6H2,1H3,(H,15,16)/t7-,8-/m0/s1. The third kappa shape index (κ3) is 4.51. The molecule has 2 atom stereocenters. The van der Waals surface area contributed by atoms with E-state index in [9.17, 15) is 18.0 Å². The summed E-state index contributed by atoms with van der Waals surface area (Å²) in [6.07, 6.45) is -4.27. The Morgan fingerprint density at radius 1 is 1.53 bits per heavy atom. The number of halogens is 3. The highest BCUT2D eigenvalue weighted by atomic mass is 19.4. The lowest BCUT2D eigenvalue weighted by Gasteiger charge is -2.18. The van der Waals surface area contributed by atoms with E-state index in [0.717, 1.165) is 0 Å². The van der Waals surface area contributed by atoms with Crippen LogP contribution in [0.25, 0.3) is 0 Å². The van der Waals surface area contributed by atoms with Crippen LogP contribution in [-0.4, -0.2) is 55.0 Å². The fourth-order valence-corrected chi connectivity index (χ4v) is 1.89. The van der Waals surface area contributed by atoms with Crippen molar-refractivity contribution in [2.24, 2.45) is 5.92 Å². The number of carbonyl (C=O) groups is 1. The van der Waals surface area contributed by atoms with Gasteiger partial charge in [-0.3, -0.25) is 4.79 Å². The minimum Gasteiger partial charge on any atom is -0.481 e. The van der Waals surface area contributed by atoms with E-state index < -0.39 is 18.1 Å². The molecule has 1 aliphatic heterocycles. The molecule has 0 aliphatic carbocycles. The third-order valence-corrected chi connectivity index (χ3v) is 2.92. The van der Waals surface area contributed by atoms with Crippen molar-refractivity contribution in [1.29, 1.82) is 0 Å². The molecule has 0 unspecified atom stereocenters. The van der Waals surface area contributed by atoms with Gasteiger partial charge in [-0.05, 0) is 13.5 Å². The van der Waals surface area contributed by atoms with Crippen LogP contribution in [0.4, 0.5) is 13.2 Å². The molecule has 0 amide bonds. The van der Waals surface area contributed by atoms with E-state index in [1.165, 1.54) is 0 Å². The second-order valence-electron chi connectivity index (χ2n) is 4.29. The monoisotopic (exact) mass is 255 g/mol. The predicted octanol–water partition coefficient (Wildman–Crippen LogP) is 1.36. The van der Waals surface area contributed by atoms with Gasteiger partial charge in [-0.2, -0.15) is 13.2 Å². The normalized spacial score (nSPS) is 26.4. The molecule has 100 valence electrons. The number of carboxylic acids is 1. The van der Waals surface area contributed by atoms with E-state index >= 15 is 0 Å². The van der Waals surface area contributed by atoms with Crippen LogP contribution in [0, 0.1) is 5.92 Å². The van der Waals surface area contributed by atoms with Gasteiger partial charge in [0.1, 0.15) is 0 Å². The van der Waals surface area contributed by atoms with E-state index in [4.69, 9.17) is 9.84 Å². The molecule has 0 aromatic carbocycles. The summed E-state index contributed by atoms with van der Waals surface area (Å²) in [6, 6.07) is -0.282. The fourth-order valence-electron chi connectivity index (χ4n) is 1.89. The third-order valence-electron chi connectivity index (χ3n) is 2.92. The highest BCUT2D eigenvalue weighted by Crippen LogP contribution is 2.35. The largest absolute Gasteiger partial charge is 0.481 e. The van der Waals surface area contributed by atoms with Crippen LogP contribution in [0.5, 0.6) is 0 Å². The van der Waals surface area contributed by atoms with Crippen molar-refractivity contribution in [3.8, 4) is 0 Å². The summed E-state index contributed by atoms with van der Waals surface area (Å²) in [4.78, 5) is 11.8. The number of ether oxygens (including phenoxy) is 1. The van der Waals surface area contributed by atoms with Crippen LogP contribution in [-0.2, 0) is 9.53 Å². The molecule has 1 fully saturated rings. The maximum Gasteiger partial charge on any atom is 0.393 e. The van der Waals surface area contributed by atoms with Gasteiger partial charge >= 0.3 is 12.1 Å². The summed E-state index contributed by atoms with van der Waals surface area (Å²) >= 11 is 0. The quantitative estimate of drug-likeness (QED) is 0.754. The summed E-state index contributed by atoms with van der Waals surface area (Å²) in [5.74, 6) is -2.28. The van der Waals surface area contributed by atoms with Crippen LogP contribution in [0.3, 0.4) is 0 Å². The first-order valence-corrected chi connectivity index (χ1v) is 5.37. The number of carboxylic acid groups (broad SMARTS) is 1. The van der Waals surface area contributed by atoms with E-state index in [1.54, 1.807) is 11.9 Å². The molecule has 0 bridgehead atoms. The molecule has 0 aromatic rings. The average Bonchev–Trinajstić information content (AvgIpc) is 2.54. The number of aliphatic carboxylic acids is 1. The second-order valence-corrected chi connectivity index (χ2v) is 4.29. The lowest BCUT2D eigenvalue weighted by atomic mass is 10.1. The number of rotatable bonds is 5. The number of likely N-dealkylation sites (tertiary alicyclic amines) is 1. The number of likely N-dealkylation sites (N-methyl/N-ethyl adjacent to an activating group) is 1. The molecule has 0 radical (unpaired) electrons. The smallest absolute Gasteiger partial charge is 0.393 e. The predicted molar refractivity (Wildman–Crippen MR) is 53.7 cm³/mol. The van der Waals surface area contributed by atoms with Gasteiger partial charge in [0.25, 0.3) is 0 Å². The molecular weight excluding hydrogens is 239 g/mol. The van der Waals surface area contributed by atoms with Crippen LogP contribution in [0.2, 0.25) is 0 Å². The van der Waals surface area contributed by atoms with Crippen LogP contribution >= 0.6 is 0 Å². The first-order valence-electron chi connectivity index (χ1n) is 5.37. The molecule has 4 nitrogen and oxygen atoms in total. The van der Waals surface area contributed by atoms with Crippen molar-refractivity contribution in [1.82, 2.24) is 4.90 Å². The minimum atomic E-state index is -4.16. The fraction of sp³-hybridized carbons (Fsp3) is 0.900. The van der Waals surface area contributed by atoms with Gasteiger partial charge in [0.2, 0.25) is 0 Å². The van der Waals surface area contributed by atoms with E-state index in [-0.39, 0.29) is 38.6 Å². The van der Waals surface area contributed by atoms with Gasteiger partial charge in [0.05, 0.1) is 25.6 Å². The highest BCUT2D eigenvalue weighted by Gasteiger charge is 2.46. The van der Waals surface area contributed by atoms with Crippen molar-refractivity contribution < 1.29 is 27.8 Å². The van der Waals surface area contributed by atoms with Gasteiger partial charge < -0.3 is 14.7 Å². The Morgan fingerprint density at radius 3 is 2.65 bits per heavy atom. The summed E-state index contributed by atoms with van der Waals surface area (Å²) in [7, 11) is 1.62. The Balaban J connectivity index is 2.28. The number of hydrogen-bond acceptors (Lipinski definition) is 3. The number of alkyl halides is 3. The zero-order chi connectivity index (χ0) is 13.1. The van der Waals surface area contributed by atoms with Gasteiger partial charge in [0, 0.05) is 12.6 Å². The van der Waals surface area contributed by atoms with Gasteiger partial charge in [-0.1, -0.05) is 0 Å². The first-order chi connectivity index (χ1) is 7.80. The SMILES string of the molecule is CN1C[C@@H](C(F)(F)F)C[C@H]1COCCC(=O)O. The first kappa shape index (κ1) is 14.2. The van der Waals surface area contributed by atoms with E-state index in [0.29, 0.717) is 0 Å². The number of hydrogen-bond donors (Lipinski definition) is 1. The highest BCUT2D eigenvalue weighted by molar-refractivity contribution is 5.66. The topological polar surface area (TPSA) is 49.8 Å². The Bertz CT molecular complexity index is 270. The van der Waals surface area contributed by atoms with Crippen LogP contribution in [0.15, 0.2) is 0 Å². The van der Waals surface area contributed by atoms with Gasteiger partial charge in [-0.15, -0.1) is 0 Å². The molecule has 17 heavy (non-hydrogen) atoms. The summed E-state index contributed by atoms with van der Waals surface area (Å²) in [5.41, 5.74) is 0. The van der Waals surface area contributed by atoms with E-state index in [1.807, 2.05) is 0 Å². The average molecular weight is 255 g/mol. The summed E-state index contributed by atoms with van der Waals surface area (Å²) < 4.78 is 42.4. The molecule has 1 rings (SSSR count). The van der Waals surface area contributed by atoms with Crippen molar-refractivity contribution in [2.75, 3.05) is 26.8 Å². The Kier molecular flexibility index (Phi) is 4.76. The molecule has 1 N–H and O–H groups in total. The molecule has 1 heterocycles. The zero-order valence-corrected chi connectivity index (χ0v) is 9.54. The molecule has 7 heteroatoms. The lowest BCUT2D eigenvalue weighted by Crippen LogP contribution is -2.30. The molecule has 1 saturated heterocycles. The van der Waals surface area contributed by atoms with Crippen molar-refractivity contribution in [3.63, 3.8) is 0 Å². The summed E-state index contributed by atoms with van der Waals surface area (Å²) in [6.45, 7) is 0.170. The number of nitrogens with zero attached hydrogens (tertiary/aromatic N) is 1. The van der Waals surface area contributed by atoms with Crippen molar-refractivity contribution in [2.45, 2.75) is 25.1 Å². The Hall–Kier alpha value is -0.820. The Morgan fingerprint density at radius 2 is 2.18 bits per heavy atom. The molecular formula is C10H16F3NO3. The van der Waals surface area contributed by atoms with Crippen molar-refractivity contribution in [3.05, 3.63) is 0 Å². The maximum atomic E-state index is 12.5. The van der Waals surface area contributed by atoms with E-state index in [2.05, 4.69) is 0 Å². The van der Waals surface area contributed by atoms with Gasteiger partial charge in [0.15, 0.2) is 0 Å². The van der Waals surface area contributed by atoms with Crippen LogP contribution in [0.1, 0.15) is 12.8 Å².